The van der Waals surface area contributed by atoms with Gasteiger partial charge in [0.1, 0.15) is 0 Å². The Kier molecular flexibility index (Phi) is 4.04. The Hall–Kier alpha value is -2.43. The molecule has 22 heavy (non-hydrogen) atoms. The van der Waals surface area contributed by atoms with Crippen LogP contribution in [0.5, 0.6) is 0 Å². The minimum absolute atomic E-state index is 0.00867. The zero-order chi connectivity index (χ0) is 15.5. The van der Waals surface area contributed by atoms with Crippen molar-refractivity contribution in [1.82, 2.24) is 15.2 Å². The van der Waals surface area contributed by atoms with E-state index >= 15 is 0 Å². The first-order chi connectivity index (χ1) is 10.7. The minimum Gasteiger partial charge on any atom is -0.273 e. The lowest BCUT2D eigenvalue weighted by atomic mass is 10.1. The highest BCUT2D eigenvalue weighted by molar-refractivity contribution is 5.85. The molecule has 0 aliphatic heterocycles. The van der Waals surface area contributed by atoms with Crippen LogP contribution < -0.4 is 5.43 Å². The standard InChI is InChI=1S/C17H20N4O/c1-3-21-11-14(12(2)20-21)10-18-19-17(22)16-9-15(16)13-7-5-4-6-8-13/h4-8,10-11,15-16H,3,9H2,1-2H3,(H,19,22)/b18-10-/t15-,16+/m0/s1. The van der Waals surface area contributed by atoms with Crippen LogP contribution in [0.15, 0.2) is 41.6 Å². The predicted molar refractivity (Wildman–Crippen MR) is 85.7 cm³/mol. The first-order valence-electron chi connectivity index (χ1n) is 7.61. The van der Waals surface area contributed by atoms with Crippen molar-refractivity contribution < 1.29 is 4.79 Å². The largest absolute Gasteiger partial charge is 0.273 e. The van der Waals surface area contributed by atoms with E-state index in [1.165, 1.54) is 5.56 Å². The van der Waals surface area contributed by atoms with Gasteiger partial charge in [0.05, 0.1) is 11.9 Å². The fraction of sp³-hybridized carbons (Fsp3) is 0.353. The summed E-state index contributed by atoms with van der Waals surface area (Å²) in [6.45, 7) is 4.79. The van der Waals surface area contributed by atoms with E-state index in [9.17, 15) is 4.79 Å². The third kappa shape index (κ3) is 3.08. The van der Waals surface area contributed by atoms with Crippen molar-refractivity contribution in [2.45, 2.75) is 32.7 Å². The van der Waals surface area contributed by atoms with Crippen LogP contribution in [0, 0.1) is 12.8 Å². The van der Waals surface area contributed by atoms with E-state index in [0.29, 0.717) is 5.92 Å². The number of aromatic nitrogens is 2. The minimum atomic E-state index is -0.00867. The number of carbonyl (C=O) groups excluding carboxylic acids is 1. The zero-order valence-corrected chi connectivity index (χ0v) is 12.9. The van der Waals surface area contributed by atoms with Gasteiger partial charge in [-0.25, -0.2) is 5.43 Å². The normalized spacial score (nSPS) is 20.3. The van der Waals surface area contributed by atoms with E-state index in [0.717, 1.165) is 24.2 Å². The number of nitrogens with one attached hydrogen (secondary N) is 1. The smallest absolute Gasteiger partial charge is 0.243 e. The van der Waals surface area contributed by atoms with E-state index in [4.69, 9.17) is 0 Å². The van der Waals surface area contributed by atoms with E-state index in [-0.39, 0.29) is 11.8 Å². The van der Waals surface area contributed by atoms with Crippen molar-refractivity contribution in [2.75, 3.05) is 0 Å². The molecule has 114 valence electrons. The number of hydrogen-bond donors (Lipinski definition) is 1. The quantitative estimate of drug-likeness (QED) is 0.680. The molecule has 0 bridgehead atoms. The van der Waals surface area contributed by atoms with Crippen LogP contribution in [0.25, 0.3) is 0 Å². The predicted octanol–water partition coefficient (Wildman–Crippen LogP) is 2.47. The van der Waals surface area contributed by atoms with Crippen LogP contribution in [0.1, 0.15) is 36.1 Å². The van der Waals surface area contributed by atoms with Gasteiger partial charge in [0.25, 0.3) is 0 Å². The Morgan fingerprint density at radius 3 is 2.91 bits per heavy atom. The van der Waals surface area contributed by atoms with E-state index in [1.807, 2.05) is 42.9 Å². The Morgan fingerprint density at radius 1 is 1.45 bits per heavy atom. The van der Waals surface area contributed by atoms with Gasteiger partial charge in [-0.15, -0.1) is 0 Å². The molecule has 1 amide bonds. The summed E-state index contributed by atoms with van der Waals surface area (Å²) in [6, 6.07) is 10.2. The molecule has 1 aromatic carbocycles. The van der Waals surface area contributed by atoms with Crippen LogP contribution in [-0.2, 0) is 11.3 Å². The van der Waals surface area contributed by atoms with Gasteiger partial charge in [-0.3, -0.25) is 9.48 Å². The monoisotopic (exact) mass is 296 g/mol. The second kappa shape index (κ2) is 6.13. The summed E-state index contributed by atoms with van der Waals surface area (Å²) in [5.41, 5.74) is 5.71. The van der Waals surface area contributed by atoms with Gasteiger partial charge in [-0.1, -0.05) is 30.3 Å². The summed E-state index contributed by atoms with van der Waals surface area (Å²) in [5, 5.41) is 8.40. The maximum Gasteiger partial charge on any atom is 0.243 e. The van der Waals surface area contributed by atoms with Gasteiger partial charge >= 0.3 is 0 Å². The summed E-state index contributed by atoms with van der Waals surface area (Å²) in [6.07, 6.45) is 4.49. The second-order valence-electron chi connectivity index (χ2n) is 5.62. The van der Waals surface area contributed by atoms with Gasteiger partial charge in [0.2, 0.25) is 5.91 Å². The topological polar surface area (TPSA) is 59.3 Å². The van der Waals surface area contributed by atoms with Crippen molar-refractivity contribution in [3.63, 3.8) is 0 Å². The molecule has 0 spiro atoms. The fourth-order valence-corrected chi connectivity index (χ4v) is 2.62. The molecule has 3 rings (SSSR count). The number of rotatable bonds is 5. The molecule has 1 saturated carbocycles. The average Bonchev–Trinajstić information content (AvgIpc) is 3.27. The third-order valence-electron chi connectivity index (χ3n) is 4.04. The summed E-state index contributed by atoms with van der Waals surface area (Å²) < 4.78 is 1.85. The second-order valence-corrected chi connectivity index (χ2v) is 5.62. The number of benzene rings is 1. The Labute approximate surface area is 130 Å². The van der Waals surface area contributed by atoms with Crippen molar-refractivity contribution in [3.8, 4) is 0 Å². The number of hydrogen-bond acceptors (Lipinski definition) is 3. The lowest BCUT2D eigenvalue weighted by molar-refractivity contribution is -0.122. The Balaban J connectivity index is 1.55. The molecule has 1 aromatic heterocycles. The van der Waals surface area contributed by atoms with Gasteiger partial charge < -0.3 is 0 Å². The Morgan fingerprint density at radius 2 is 2.23 bits per heavy atom. The molecular formula is C17H20N4O. The molecule has 0 radical (unpaired) electrons. The molecule has 1 aliphatic rings. The van der Waals surface area contributed by atoms with Crippen molar-refractivity contribution >= 4 is 12.1 Å². The molecule has 1 N–H and O–H groups in total. The molecular weight excluding hydrogens is 276 g/mol. The Bertz CT molecular complexity index is 690. The van der Waals surface area contributed by atoms with Crippen LogP contribution in [-0.4, -0.2) is 21.9 Å². The molecule has 1 aliphatic carbocycles. The van der Waals surface area contributed by atoms with Crippen molar-refractivity contribution in [1.29, 1.82) is 0 Å². The number of aryl methyl sites for hydroxylation is 2. The van der Waals surface area contributed by atoms with E-state index < -0.39 is 0 Å². The van der Waals surface area contributed by atoms with Gasteiger partial charge in [-0.2, -0.15) is 10.2 Å². The molecule has 0 unspecified atom stereocenters. The van der Waals surface area contributed by atoms with Crippen LogP contribution in [0.3, 0.4) is 0 Å². The number of amides is 1. The van der Waals surface area contributed by atoms with E-state index in [2.05, 4.69) is 27.8 Å². The fourth-order valence-electron chi connectivity index (χ4n) is 2.62. The van der Waals surface area contributed by atoms with Crippen molar-refractivity contribution in [3.05, 3.63) is 53.3 Å². The van der Waals surface area contributed by atoms with Crippen LogP contribution >= 0.6 is 0 Å². The number of hydrazone groups is 1. The molecule has 2 atom stereocenters. The van der Waals surface area contributed by atoms with Gasteiger partial charge in [0.15, 0.2) is 0 Å². The third-order valence-corrected chi connectivity index (χ3v) is 4.04. The first-order valence-corrected chi connectivity index (χ1v) is 7.61. The maximum absolute atomic E-state index is 12.1. The number of nitrogens with zero attached hydrogens (tertiary/aromatic N) is 3. The summed E-state index contributed by atoms with van der Waals surface area (Å²) in [4.78, 5) is 12.1. The highest BCUT2D eigenvalue weighted by atomic mass is 16.2. The van der Waals surface area contributed by atoms with Crippen molar-refractivity contribution in [2.24, 2.45) is 11.0 Å². The van der Waals surface area contributed by atoms with Crippen LogP contribution in [0.4, 0.5) is 0 Å². The first kappa shape index (κ1) is 14.5. The summed E-state index contributed by atoms with van der Waals surface area (Å²) >= 11 is 0. The highest BCUT2D eigenvalue weighted by Crippen LogP contribution is 2.47. The van der Waals surface area contributed by atoms with Crippen LogP contribution in [0.2, 0.25) is 0 Å². The molecule has 5 heteroatoms. The zero-order valence-electron chi connectivity index (χ0n) is 12.9. The van der Waals surface area contributed by atoms with Gasteiger partial charge in [0, 0.05) is 24.2 Å². The highest BCUT2D eigenvalue weighted by Gasteiger charge is 2.43. The molecule has 1 heterocycles. The summed E-state index contributed by atoms with van der Waals surface area (Å²) in [7, 11) is 0. The van der Waals surface area contributed by atoms with E-state index in [1.54, 1.807) is 6.21 Å². The lowest BCUT2D eigenvalue weighted by Crippen LogP contribution is -2.20. The molecule has 0 saturated heterocycles. The van der Waals surface area contributed by atoms with Gasteiger partial charge in [-0.05, 0) is 31.7 Å². The maximum atomic E-state index is 12.1. The lowest BCUT2D eigenvalue weighted by Gasteiger charge is -1.99. The molecule has 5 nitrogen and oxygen atoms in total. The SMILES string of the molecule is CCn1cc(/C=N\NC(=O)[C@@H]2C[C@H]2c2ccccc2)c(C)n1. The molecule has 1 fully saturated rings. The average molecular weight is 296 g/mol. The summed E-state index contributed by atoms with van der Waals surface area (Å²) in [5.74, 6) is 0.366. The number of carbonyl (C=O) groups is 1. The molecule has 2 aromatic rings.